The van der Waals surface area contributed by atoms with Crippen LogP contribution >= 0.6 is 11.6 Å². The van der Waals surface area contributed by atoms with E-state index in [1.165, 1.54) is 0 Å². The number of nitrogens with zero attached hydrogens (tertiary/aromatic N) is 2. The lowest BCUT2D eigenvalue weighted by Gasteiger charge is -2.52. The number of carbonyl (C=O) groups is 1. The van der Waals surface area contributed by atoms with Gasteiger partial charge in [-0.25, -0.2) is 0 Å². The fraction of sp³-hybridized carbons (Fsp3) is 0.615. The number of alkyl halides is 1. The van der Waals surface area contributed by atoms with Gasteiger partial charge in [0.05, 0.1) is 23.4 Å². The normalized spacial score (nSPS) is 31.5. The Morgan fingerprint density at radius 1 is 1.37 bits per heavy atom. The molecule has 6 heteroatoms. The van der Waals surface area contributed by atoms with Gasteiger partial charge in [0.2, 0.25) is 5.91 Å². The maximum Gasteiger partial charge on any atom is 0.233 e. The van der Waals surface area contributed by atoms with Crippen LogP contribution in [-0.4, -0.2) is 28.0 Å². The molecule has 1 fully saturated rings. The Hall–Kier alpha value is -1.20. The molecule has 2 atom stereocenters. The quantitative estimate of drug-likeness (QED) is 0.834. The maximum absolute atomic E-state index is 12.6. The third kappa shape index (κ3) is 1.43. The molecule has 3 rings (SSSR count). The van der Waals surface area contributed by atoms with Crippen LogP contribution in [0.1, 0.15) is 38.1 Å². The fourth-order valence-electron chi connectivity index (χ4n) is 2.99. The first-order valence-corrected chi connectivity index (χ1v) is 6.94. The average Bonchev–Trinajstić information content (AvgIpc) is 2.45. The molecule has 0 saturated carbocycles. The summed E-state index contributed by atoms with van der Waals surface area (Å²) in [5, 5.41) is 3.03. The first kappa shape index (κ1) is 12.8. The van der Waals surface area contributed by atoms with Crippen LogP contribution in [0.4, 0.5) is 0 Å². The Labute approximate surface area is 116 Å². The monoisotopic (exact) mass is 281 g/mol. The molecule has 1 aromatic heterocycles. The smallest absolute Gasteiger partial charge is 0.233 e. The second-order valence-corrected chi connectivity index (χ2v) is 5.49. The first-order chi connectivity index (χ1) is 9.10. The number of hydrogen-bond acceptors (Lipinski definition) is 4. The standard InChI is InChI=1S/C13H16ClN3O2/c1-3-12(4-2)8-9(16-6-5-15-8)13(17-11(12)18)7-19-10(13)14/h5-6,10H,3-4,7H2,1-2H3,(H,17,18). The number of carbonyl (C=O) groups excluding carboxylic acids is 1. The van der Waals surface area contributed by atoms with Crippen molar-refractivity contribution in [1.29, 1.82) is 0 Å². The molecule has 0 radical (unpaired) electrons. The largest absolute Gasteiger partial charge is 0.356 e. The van der Waals surface area contributed by atoms with E-state index in [0.717, 1.165) is 11.4 Å². The molecule has 0 bridgehead atoms. The first-order valence-electron chi connectivity index (χ1n) is 6.51. The summed E-state index contributed by atoms with van der Waals surface area (Å²) in [6.07, 6.45) is 4.64. The summed E-state index contributed by atoms with van der Waals surface area (Å²) in [7, 11) is 0. The number of fused-ring (bicyclic) bond motifs is 2. The van der Waals surface area contributed by atoms with Crippen LogP contribution in [-0.2, 0) is 20.5 Å². The molecule has 102 valence electrons. The molecule has 19 heavy (non-hydrogen) atoms. The number of ether oxygens (including phenoxy) is 1. The third-order valence-electron chi connectivity index (χ3n) is 4.40. The van der Waals surface area contributed by atoms with Crippen LogP contribution in [0.2, 0.25) is 0 Å². The summed E-state index contributed by atoms with van der Waals surface area (Å²) in [5.74, 6) is -0.0283. The van der Waals surface area contributed by atoms with Crippen molar-refractivity contribution in [3.05, 3.63) is 23.8 Å². The zero-order valence-corrected chi connectivity index (χ0v) is 11.7. The number of rotatable bonds is 2. The second-order valence-electron chi connectivity index (χ2n) is 5.10. The highest BCUT2D eigenvalue weighted by atomic mass is 35.5. The number of halogens is 1. The Bertz CT molecular complexity index is 532. The molecular formula is C13H16ClN3O2. The maximum atomic E-state index is 12.6. The molecule has 2 aliphatic rings. The number of aromatic nitrogens is 2. The Balaban J connectivity index is 2.22. The molecule has 0 aliphatic carbocycles. The zero-order chi connectivity index (χ0) is 13.7. The number of hydrogen-bond donors (Lipinski definition) is 1. The highest BCUT2D eigenvalue weighted by Gasteiger charge is 2.60. The van der Waals surface area contributed by atoms with Crippen LogP contribution in [0.15, 0.2) is 12.4 Å². The molecular weight excluding hydrogens is 266 g/mol. The van der Waals surface area contributed by atoms with Gasteiger partial charge in [-0.05, 0) is 12.8 Å². The SMILES string of the molecule is CCC1(CC)C(=O)NC2(COC2Cl)c2nccnc21. The van der Waals surface area contributed by atoms with Crippen molar-refractivity contribution >= 4 is 17.5 Å². The van der Waals surface area contributed by atoms with E-state index < -0.39 is 16.5 Å². The zero-order valence-electron chi connectivity index (χ0n) is 10.9. The molecule has 1 amide bonds. The predicted octanol–water partition coefficient (Wildman–Crippen LogP) is 1.45. The van der Waals surface area contributed by atoms with Crippen molar-refractivity contribution in [3.8, 4) is 0 Å². The predicted molar refractivity (Wildman–Crippen MR) is 69.7 cm³/mol. The summed E-state index contributed by atoms with van der Waals surface area (Å²) in [6.45, 7) is 4.34. The fourth-order valence-corrected chi connectivity index (χ4v) is 3.28. The van der Waals surface area contributed by atoms with Gasteiger partial charge >= 0.3 is 0 Å². The minimum atomic E-state index is -0.712. The molecule has 2 unspecified atom stereocenters. The molecule has 0 aromatic carbocycles. The molecule has 3 heterocycles. The van der Waals surface area contributed by atoms with E-state index in [0.29, 0.717) is 19.4 Å². The van der Waals surface area contributed by atoms with Gasteiger partial charge in [-0.1, -0.05) is 25.4 Å². The van der Waals surface area contributed by atoms with Gasteiger partial charge in [0.25, 0.3) is 0 Å². The topological polar surface area (TPSA) is 64.1 Å². The van der Waals surface area contributed by atoms with Crippen LogP contribution in [0.3, 0.4) is 0 Å². The van der Waals surface area contributed by atoms with Crippen molar-refractivity contribution in [2.45, 2.75) is 43.2 Å². The summed E-state index contributed by atoms with van der Waals surface area (Å²) in [4.78, 5) is 21.5. The van der Waals surface area contributed by atoms with Crippen molar-refractivity contribution < 1.29 is 9.53 Å². The van der Waals surface area contributed by atoms with Crippen LogP contribution < -0.4 is 5.32 Å². The van der Waals surface area contributed by atoms with E-state index in [2.05, 4.69) is 15.3 Å². The van der Waals surface area contributed by atoms with Gasteiger partial charge < -0.3 is 10.1 Å². The van der Waals surface area contributed by atoms with E-state index in [1.807, 2.05) is 13.8 Å². The molecule has 2 aliphatic heterocycles. The lowest BCUT2D eigenvalue weighted by Crippen LogP contribution is -2.70. The lowest BCUT2D eigenvalue weighted by atomic mass is 9.70. The molecule has 1 N–H and O–H groups in total. The van der Waals surface area contributed by atoms with E-state index in [1.54, 1.807) is 12.4 Å². The summed E-state index contributed by atoms with van der Waals surface area (Å²) in [5.41, 5.74) is -0.405. The van der Waals surface area contributed by atoms with Gasteiger partial charge in [-0.2, -0.15) is 0 Å². The molecule has 1 aromatic rings. The van der Waals surface area contributed by atoms with E-state index in [9.17, 15) is 4.79 Å². The van der Waals surface area contributed by atoms with Crippen LogP contribution in [0.25, 0.3) is 0 Å². The van der Waals surface area contributed by atoms with Crippen molar-refractivity contribution in [1.82, 2.24) is 15.3 Å². The van der Waals surface area contributed by atoms with Gasteiger partial charge in [0.1, 0.15) is 5.54 Å². The van der Waals surface area contributed by atoms with Crippen molar-refractivity contribution in [2.75, 3.05) is 6.61 Å². The second kappa shape index (κ2) is 4.15. The summed E-state index contributed by atoms with van der Waals surface area (Å²) in [6, 6.07) is 0. The molecule has 1 spiro atoms. The van der Waals surface area contributed by atoms with E-state index in [-0.39, 0.29) is 5.91 Å². The van der Waals surface area contributed by atoms with Gasteiger partial charge in [-0.15, -0.1) is 0 Å². The lowest BCUT2D eigenvalue weighted by molar-refractivity contribution is -0.151. The number of amides is 1. The van der Waals surface area contributed by atoms with Crippen molar-refractivity contribution in [2.24, 2.45) is 0 Å². The highest BCUT2D eigenvalue weighted by molar-refractivity contribution is 6.21. The molecule has 5 nitrogen and oxygen atoms in total. The van der Waals surface area contributed by atoms with Gasteiger partial charge in [0, 0.05) is 12.4 Å². The minimum Gasteiger partial charge on any atom is -0.356 e. The van der Waals surface area contributed by atoms with E-state index >= 15 is 0 Å². The molecule has 1 saturated heterocycles. The third-order valence-corrected chi connectivity index (χ3v) is 4.90. The van der Waals surface area contributed by atoms with Gasteiger partial charge in [0.15, 0.2) is 5.56 Å². The Kier molecular flexibility index (Phi) is 2.80. The number of nitrogens with one attached hydrogen (secondary N) is 1. The van der Waals surface area contributed by atoms with Crippen LogP contribution in [0, 0.1) is 0 Å². The summed E-state index contributed by atoms with van der Waals surface area (Å²) < 4.78 is 5.25. The Morgan fingerprint density at radius 2 is 2.00 bits per heavy atom. The van der Waals surface area contributed by atoms with Crippen LogP contribution in [0.5, 0.6) is 0 Å². The van der Waals surface area contributed by atoms with Gasteiger partial charge in [-0.3, -0.25) is 14.8 Å². The minimum absolute atomic E-state index is 0.0283. The Morgan fingerprint density at radius 3 is 2.47 bits per heavy atom. The van der Waals surface area contributed by atoms with E-state index in [4.69, 9.17) is 16.3 Å². The highest BCUT2D eigenvalue weighted by Crippen LogP contribution is 2.47. The average molecular weight is 282 g/mol. The summed E-state index contributed by atoms with van der Waals surface area (Å²) >= 11 is 6.15. The van der Waals surface area contributed by atoms with Crippen molar-refractivity contribution in [3.63, 3.8) is 0 Å².